The van der Waals surface area contributed by atoms with E-state index in [-0.39, 0.29) is 13.2 Å². The van der Waals surface area contributed by atoms with Crippen LogP contribution in [0.1, 0.15) is 20.8 Å². The number of rotatable bonds is 8. The van der Waals surface area contributed by atoms with Crippen molar-refractivity contribution in [2.75, 3.05) is 13.2 Å². The van der Waals surface area contributed by atoms with Crippen LogP contribution in [0.15, 0.2) is 36.5 Å². The van der Waals surface area contributed by atoms with E-state index in [4.69, 9.17) is 9.05 Å². The van der Waals surface area contributed by atoms with Crippen LogP contribution in [-0.4, -0.2) is 18.7 Å². The zero-order chi connectivity index (χ0) is 13.5. The van der Waals surface area contributed by atoms with Gasteiger partial charge in [-0.25, -0.2) is 0 Å². The Hall–Kier alpha value is -0.960. The molecule has 0 spiro atoms. The lowest BCUT2D eigenvalue weighted by atomic mass is 10.4. The van der Waals surface area contributed by atoms with E-state index in [1.165, 1.54) is 12.2 Å². The Morgan fingerprint density at radius 3 is 1.88 bits per heavy atom. The first-order valence-electron chi connectivity index (χ1n) is 5.17. The maximum Gasteiger partial charge on any atom is 0.401 e. The van der Waals surface area contributed by atoms with Gasteiger partial charge in [-0.2, -0.15) is 0 Å². The first kappa shape index (κ1) is 16.0. The molecule has 0 aliphatic heterocycles. The van der Waals surface area contributed by atoms with Crippen LogP contribution in [0, 0.1) is 0 Å². The summed E-state index contributed by atoms with van der Waals surface area (Å²) in [7, 11) is -3.78. The fraction of sp³-hybridized carbons (Fsp3) is 0.417. The molecule has 0 atom stereocenters. The van der Waals surface area contributed by atoms with E-state index in [1.54, 1.807) is 20.8 Å². The molecule has 0 aliphatic rings. The molecule has 0 aromatic carbocycles. The molecule has 0 bridgehead atoms. The summed E-state index contributed by atoms with van der Waals surface area (Å²) >= 11 is 0. The first-order chi connectivity index (χ1) is 7.81. The van der Waals surface area contributed by atoms with Crippen molar-refractivity contribution in [2.45, 2.75) is 20.8 Å². The SMILES string of the molecule is C=C(C)COP(=O)(OCC(=C)C)C(=O)/C=C/C. The molecule has 0 aliphatic carbocycles. The van der Waals surface area contributed by atoms with Gasteiger partial charge in [-0.05, 0) is 26.8 Å². The van der Waals surface area contributed by atoms with Crippen LogP contribution >= 0.6 is 7.60 Å². The van der Waals surface area contributed by atoms with E-state index in [1.807, 2.05) is 0 Å². The van der Waals surface area contributed by atoms with Crippen LogP contribution < -0.4 is 0 Å². The van der Waals surface area contributed by atoms with Crippen molar-refractivity contribution in [1.82, 2.24) is 0 Å². The molecule has 17 heavy (non-hydrogen) atoms. The molecule has 0 saturated heterocycles. The minimum atomic E-state index is -3.78. The molecule has 0 aromatic heterocycles. The van der Waals surface area contributed by atoms with Gasteiger partial charge in [0.2, 0.25) is 0 Å². The van der Waals surface area contributed by atoms with Gasteiger partial charge in [0.1, 0.15) is 0 Å². The average Bonchev–Trinajstić information content (AvgIpc) is 2.24. The monoisotopic (exact) mass is 258 g/mol. The summed E-state index contributed by atoms with van der Waals surface area (Å²) in [4.78, 5) is 11.6. The van der Waals surface area contributed by atoms with Gasteiger partial charge in [0, 0.05) is 0 Å². The third kappa shape index (κ3) is 6.37. The minimum absolute atomic E-state index is 0.0246. The van der Waals surface area contributed by atoms with Crippen LogP contribution in [0.25, 0.3) is 0 Å². The third-order valence-electron chi connectivity index (χ3n) is 1.54. The first-order valence-corrected chi connectivity index (χ1v) is 6.71. The van der Waals surface area contributed by atoms with Crippen molar-refractivity contribution < 1.29 is 18.4 Å². The number of hydrogen-bond acceptors (Lipinski definition) is 4. The van der Waals surface area contributed by atoms with Crippen molar-refractivity contribution in [3.63, 3.8) is 0 Å². The standard InChI is InChI=1S/C12H19O4P/c1-6-7-12(13)17(14,15-8-10(2)3)16-9-11(4)5/h6-7H,2,4,8-9H2,1,3,5H3/b7-6+. The molecular formula is C12H19O4P. The molecule has 5 heteroatoms. The Balaban J connectivity index is 4.79. The highest BCUT2D eigenvalue weighted by atomic mass is 31.2. The van der Waals surface area contributed by atoms with E-state index < -0.39 is 13.1 Å². The highest BCUT2D eigenvalue weighted by Gasteiger charge is 2.32. The fourth-order valence-corrected chi connectivity index (χ4v) is 2.23. The number of carbonyl (C=O) groups is 1. The topological polar surface area (TPSA) is 52.6 Å². The van der Waals surface area contributed by atoms with Gasteiger partial charge < -0.3 is 0 Å². The molecule has 0 fully saturated rings. The number of hydrogen-bond donors (Lipinski definition) is 0. The van der Waals surface area contributed by atoms with Crippen molar-refractivity contribution in [1.29, 1.82) is 0 Å². The smallest absolute Gasteiger partial charge is 0.298 e. The van der Waals surface area contributed by atoms with Gasteiger partial charge in [-0.3, -0.25) is 18.4 Å². The van der Waals surface area contributed by atoms with Crippen molar-refractivity contribution >= 4 is 13.1 Å². The summed E-state index contributed by atoms with van der Waals surface area (Å²) < 4.78 is 22.3. The van der Waals surface area contributed by atoms with Crippen LogP contribution in [-0.2, 0) is 18.4 Å². The second-order valence-electron chi connectivity index (χ2n) is 3.80. The van der Waals surface area contributed by atoms with Gasteiger partial charge in [-0.1, -0.05) is 30.4 Å². The van der Waals surface area contributed by atoms with Crippen molar-refractivity contribution in [2.24, 2.45) is 0 Å². The van der Waals surface area contributed by atoms with Crippen LogP contribution in [0.2, 0.25) is 0 Å². The number of carbonyl (C=O) groups excluding carboxylic acids is 1. The second-order valence-corrected chi connectivity index (χ2v) is 5.75. The molecule has 0 unspecified atom stereocenters. The molecule has 0 N–H and O–H groups in total. The van der Waals surface area contributed by atoms with E-state index in [9.17, 15) is 9.36 Å². The van der Waals surface area contributed by atoms with Gasteiger partial charge in [-0.15, -0.1) is 0 Å². The quantitative estimate of drug-likeness (QED) is 0.380. The molecule has 0 amide bonds. The summed E-state index contributed by atoms with van der Waals surface area (Å²) in [6.45, 7) is 12.3. The molecule has 96 valence electrons. The normalized spacial score (nSPS) is 11.7. The molecule has 0 aromatic rings. The van der Waals surface area contributed by atoms with E-state index in [0.717, 1.165) is 0 Å². The Kier molecular flexibility index (Phi) is 6.97. The van der Waals surface area contributed by atoms with Crippen LogP contribution in [0.5, 0.6) is 0 Å². The molecular weight excluding hydrogens is 239 g/mol. The summed E-state index contributed by atoms with van der Waals surface area (Å²) in [6.07, 6.45) is 2.67. The lowest BCUT2D eigenvalue weighted by molar-refractivity contribution is -0.109. The average molecular weight is 258 g/mol. The van der Waals surface area contributed by atoms with E-state index >= 15 is 0 Å². The van der Waals surface area contributed by atoms with Gasteiger partial charge in [0.15, 0.2) is 0 Å². The molecule has 0 rings (SSSR count). The summed E-state index contributed by atoms with van der Waals surface area (Å²) in [5.41, 5.74) is 0.664. The van der Waals surface area contributed by atoms with Crippen LogP contribution in [0.4, 0.5) is 0 Å². The fourth-order valence-electron chi connectivity index (χ4n) is 0.789. The highest BCUT2D eigenvalue weighted by Crippen LogP contribution is 2.50. The predicted octanol–water partition coefficient (Wildman–Crippen LogP) is 3.47. The highest BCUT2D eigenvalue weighted by molar-refractivity contribution is 7.72. The largest absolute Gasteiger partial charge is 0.401 e. The predicted molar refractivity (Wildman–Crippen MR) is 69.0 cm³/mol. The summed E-state index contributed by atoms with van der Waals surface area (Å²) in [5, 5.41) is 0. The van der Waals surface area contributed by atoms with E-state index in [2.05, 4.69) is 13.2 Å². The Morgan fingerprint density at radius 1 is 1.18 bits per heavy atom. The lowest BCUT2D eigenvalue weighted by Gasteiger charge is -2.15. The van der Waals surface area contributed by atoms with Crippen LogP contribution in [0.3, 0.4) is 0 Å². The lowest BCUT2D eigenvalue weighted by Crippen LogP contribution is -2.07. The maximum atomic E-state index is 12.2. The summed E-state index contributed by atoms with van der Waals surface area (Å²) in [5.74, 6) is 0. The third-order valence-corrected chi connectivity index (χ3v) is 3.17. The summed E-state index contributed by atoms with van der Waals surface area (Å²) in [6, 6.07) is 0. The Morgan fingerprint density at radius 2 is 1.59 bits per heavy atom. The van der Waals surface area contributed by atoms with Gasteiger partial charge in [0.05, 0.1) is 13.2 Å². The zero-order valence-corrected chi connectivity index (χ0v) is 11.5. The minimum Gasteiger partial charge on any atom is -0.298 e. The van der Waals surface area contributed by atoms with Crippen molar-refractivity contribution in [3.8, 4) is 0 Å². The van der Waals surface area contributed by atoms with E-state index in [0.29, 0.717) is 11.1 Å². The maximum absolute atomic E-state index is 12.2. The van der Waals surface area contributed by atoms with Crippen molar-refractivity contribution in [3.05, 3.63) is 36.5 Å². The molecule has 0 heterocycles. The van der Waals surface area contributed by atoms with Gasteiger partial charge >= 0.3 is 7.60 Å². The van der Waals surface area contributed by atoms with Gasteiger partial charge in [0.25, 0.3) is 5.52 Å². The molecule has 0 radical (unpaired) electrons. The second kappa shape index (κ2) is 7.38. The Bertz CT molecular complexity index is 360. The number of allylic oxidation sites excluding steroid dienone is 2. The molecule has 0 saturated carbocycles. The molecule has 4 nitrogen and oxygen atoms in total. The zero-order valence-electron chi connectivity index (χ0n) is 10.6. The Labute approximate surface area is 103 Å².